The molecule has 0 unspecified atom stereocenters. The van der Waals surface area contributed by atoms with Crippen molar-refractivity contribution in [3.05, 3.63) is 59.4 Å². The molecule has 0 aliphatic rings. The van der Waals surface area contributed by atoms with Crippen LogP contribution in [0.5, 0.6) is 5.75 Å². The fourth-order valence-corrected chi connectivity index (χ4v) is 2.41. The van der Waals surface area contributed by atoms with Gasteiger partial charge in [0.1, 0.15) is 0 Å². The minimum atomic E-state index is -3.20. The smallest absolute Gasteiger partial charge is 0.209 e. The monoisotopic (exact) mass is 338 g/mol. The molecular weight excluding hydrogens is 319 g/mol. The Labute approximate surface area is 135 Å². The highest BCUT2D eigenvalue weighted by Crippen LogP contribution is 2.18. The molecule has 2 rings (SSSR count). The lowest BCUT2D eigenvalue weighted by atomic mass is 10.2. The second kappa shape index (κ2) is 7.43. The van der Waals surface area contributed by atoms with Gasteiger partial charge in [0.25, 0.3) is 0 Å². The quantitative estimate of drug-likeness (QED) is 0.814. The molecule has 2 aromatic rings. The molecule has 0 heterocycles. The molecule has 2 aromatic carbocycles. The molecule has 5 nitrogen and oxygen atoms in total. The number of rotatable bonds is 7. The van der Waals surface area contributed by atoms with Gasteiger partial charge >= 0.3 is 0 Å². The summed E-state index contributed by atoms with van der Waals surface area (Å²) in [6, 6.07) is 12.2. The van der Waals surface area contributed by atoms with Crippen molar-refractivity contribution in [1.82, 2.24) is 4.72 Å². The number of halogens is 1. The summed E-state index contributed by atoms with van der Waals surface area (Å²) in [5, 5.41) is 3.18. The molecule has 0 saturated heterocycles. The van der Waals surface area contributed by atoms with E-state index in [2.05, 4.69) is 10.0 Å². The van der Waals surface area contributed by atoms with E-state index in [4.69, 9.17) is 4.74 Å². The topological polar surface area (TPSA) is 67.4 Å². The van der Waals surface area contributed by atoms with E-state index in [0.717, 1.165) is 23.1 Å². The van der Waals surface area contributed by atoms with E-state index in [1.54, 1.807) is 12.1 Å². The highest BCUT2D eigenvalue weighted by atomic mass is 32.2. The molecule has 0 bridgehead atoms. The SMILES string of the molecule is COc1ccc(CNc2ccc(CNS(C)(=O)=O)cc2)cc1F. The van der Waals surface area contributed by atoms with Gasteiger partial charge in [0.05, 0.1) is 13.4 Å². The van der Waals surface area contributed by atoms with Crippen LogP contribution in [0, 0.1) is 5.82 Å². The predicted octanol–water partition coefficient (Wildman–Crippen LogP) is 2.50. The van der Waals surface area contributed by atoms with E-state index >= 15 is 0 Å². The Bertz CT molecular complexity index is 761. The van der Waals surface area contributed by atoms with Crippen molar-refractivity contribution in [2.75, 3.05) is 18.7 Å². The lowest BCUT2D eigenvalue weighted by Crippen LogP contribution is -2.21. The molecule has 0 spiro atoms. The first kappa shape index (κ1) is 17.2. The van der Waals surface area contributed by atoms with Crippen LogP contribution in [-0.4, -0.2) is 21.8 Å². The van der Waals surface area contributed by atoms with Crippen molar-refractivity contribution in [1.29, 1.82) is 0 Å². The van der Waals surface area contributed by atoms with Crippen molar-refractivity contribution in [3.8, 4) is 5.75 Å². The van der Waals surface area contributed by atoms with Gasteiger partial charge in [0.15, 0.2) is 11.6 Å². The minimum absolute atomic E-state index is 0.219. The average molecular weight is 338 g/mol. The van der Waals surface area contributed by atoms with Gasteiger partial charge in [0.2, 0.25) is 10.0 Å². The Morgan fingerprint density at radius 2 is 1.70 bits per heavy atom. The van der Waals surface area contributed by atoms with Gasteiger partial charge in [-0.15, -0.1) is 0 Å². The van der Waals surface area contributed by atoms with E-state index in [-0.39, 0.29) is 12.3 Å². The van der Waals surface area contributed by atoms with E-state index in [1.807, 2.05) is 24.3 Å². The van der Waals surface area contributed by atoms with Gasteiger partial charge < -0.3 is 10.1 Å². The van der Waals surface area contributed by atoms with Gasteiger partial charge in [0, 0.05) is 18.8 Å². The molecule has 0 saturated carbocycles. The van der Waals surface area contributed by atoms with Crippen LogP contribution in [0.2, 0.25) is 0 Å². The Morgan fingerprint density at radius 1 is 1.04 bits per heavy atom. The van der Waals surface area contributed by atoms with Crippen LogP contribution in [0.15, 0.2) is 42.5 Å². The molecule has 0 aliphatic heterocycles. The third-order valence-corrected chi connectivity index (χ3v) is 3.87. The number of ether oxygens (including phenoxy) is 1. The standard InChI is InChI=1S/C16H19FN2O3S/c1-22-16-8-5-13(9-15(16)17)10-18-14-6-3-12(4-7-14)11-19-23(2,20)21/h3-9,18-19H,10-11H2,1-2H3. The molecule has 7 heteroatoms. The Balaban J connectivity index is 1.92. The van der Waals surface area contributed by atoms with Gasteiger partial charge in [-0.25, -0.2) is 17.5 Å². The Kier molecular flexibility index (Phi) is 5.57. The van der Waals surface area contributed by atoms with Crippen LogP contribution in [0.4, 0.5) is 10.1 Å². The molecule has 0 atom stereocenters. The zero-order valence-corrected chi connectivity index (χ0v) is 13.8. The number of methoxy groups -OCH3 is 1. The number of hydrogen-bond donors (Lipinski definition) is 2. The lowest BCUT2D eigenvalue weighted by Gasteiger charge is -2.09. The van der Waals surface area contributed by atoms with Crippen molar-refractivity contribution in [2.45, 2.75) is 13.1 Å². The molecule has 0 amide bonds. The van der Waals surface area contributed by atoms with Crippen molar-refractivity contribution < 1.29 is 17.5 Å². The summed E-state index contributed by atoms with van der Waals surface area (Å²) in [7, 11) is -1.77. The minimum Gasteiger partial charge on any atom is -0.494 e. The van der Waals surface area contributed by atoms with Crippen LogP contribution in [-0.2, 0) is 23.1 Å². The second-order valence-corrected chi connectivity index (χ2v) is 6.95. The normalized spacial score (nSPS) is 11.3. The van der Waals surface area contributed by atoms with Crippen LogP contribution in [0.1, 0.15) is 11.1 Å². The highest BCUT2D eigenvalue weighted by molar-refractivity contribution is 7.88. The number of sulfonamides is 1. The van der Waals surface area contributed by atoms with E-state index < -0.39 is 15.8 Å². The lowest BCUT2D eigenvalue weighted by molar-refractivity contribution is 0.386. The van der Waals surface area contributed by atoms with E-state index in [9.17, 15) is 12.8 Å². The first-order valence-electron chi connectivity index (χ1n) is 6.97. The number of anilines is 1. The number of nitrogens with one attached hydrogen (secondary N) is 2. The van der Waals surface area contributed by atoms with Gasteiger partial charge in [-0.05, 0) is 35.4 Å². The van der Waals surface area contributed by atoms with Crippen molar-refractivity contribution >= 4 is 15.7 Å². The van der Waals surface area contributed by atoms with Crippen LogP contribution < -0.4 is 14.8 Å². The largest absolute Gasteiger partial charge is 0.494 e. The van der Waals surface area contributed by atoms with Gasteiger partial charge in [-0.3, -0.25) is 0 Å². The second-order valence-electron chi connectivity index (χ2n) is 5.11. The first-order chi connectivity index (χ1) is 10.9. The summed E-state index contributed by atoms with van der Waals surface area (Å²) in [6.45, 7) is 0.727. The Hall–Kier alpha value is -2.12. The Morgan fingerprint density at radius 3 is 2.26 bits per heavy atom. The fraction of sp³-hybridized carbons (Fsp3) is 0.250. The molecule has 124 valence electrons. The van der Waals surface area contributed by atoms with Gasteiger partial charge in [-0.2, -0.15) is 0 Å². The molecule has 0 aliphatic carbocycles. The highest BCUT2D eigenvalue weighted by Gasteiger charge is 2.04. The summed E-state index contributed by atoms with van der Waals surface area (Å²) in [4.78, 5) is 0. The summed E-state index contributed by atoms with van der Waals surface area (Å²) < 4.78 is 43.0. The van der Waals surface area contributed by atoms with E-state index in [0.29, 0.717) is 6.54 Å². The van der Waals surface area contributed by atoms with E-state index in [1.165, 1.54) is 13.2 Å². The fourth-order valence-electron chi connectivity index (χ4n) is 1.98. The summed E-state index contributed by atoms with van der Waals surface area (Å²) in [5.41, 5.74) is 2.52. The molecule has 0 aromatic heterocycles. The zero-order chi connectivity index (χ0) is 16.9. The van der Waals surface area contributed by atoms with Crippen LogP contribution in [0.25, 0.3) is 0 Å². The maximum atomic E-state index is 13.6. The number of hydrogen-bond acceptors (Lipinski definition) is 4. The van der Waals surface area contributed by atoms with Crippen molar-refractivity contribution in [3.63, 3.8) is 0 Å². The summed E-state index contributed by atoms with van der Waals surface area (Å²) >= 11 is 0. The molecule has 0 fully saturated rings. The molecular formula is C16H19FN2O3S. The van der Waals surface area contributed by atoms with Crippen molar-refractivity contribution in [2.24, 2.45) is 0 Å². The molecule has 0 radical (unpaired) electrons. The summed E-state index contributed by atoms with van der Waals surface area (Å²) in [6.07, 6.45) is 1.12. The molecule has 2 N–H and O–H groups in total. The third kappa shape index (κ3) is 5.54. The zero-order valence-electron chi connectivity index (χ0n) is 13.0. The van der Waals surface area contributed by atoms with Crippen LogP contribution >= 0.6 is 0 Å². The van der Waals surface area contributed by atoms with Crippen LogP contribution in [0.3, 0.4) is 0 Å². The summed E-state index contributed by atoms with van der Waals surface area (Å²) in [5.74, 6) is -0.175. The third-order valence-electron chi connectivity index (χ3n) is 3.21. The molecule has 23 heavy (non-hydrogen) atoms. The van der Waals surface area contributed by atoms with Gasteiger partial charge in [-0.1, -0.05) is 18.2 Å². The predicted molar refractivity (Wildman–Crippen MR) is 88.4 cm³/mol. The average Bonchev–Trinajstić information content (AvgIpc) is 2.51. The maximum absolute atomic E-state index is 13.6. The first-order valence-corrected chi connectivity index (χ1v) is 8.86. The maximum Gasteiger partial charge on any atom is 0.209 e. The number of benzene rings is 2.